The van der Waals surface area contributed by atoms with Crippen LogP contribution in [0.25, 0.3) is 5.69 Å². The van der Waals surface area contributed by atoms with Gasteiger partial charge in [0.1, 0.15) is 4.90 Å². The zero-order valence-corrected chi connectivity index (χ0v) is 19.1. The minimum Gasteiger partial charge on any atom is -0.461 e. The number of hydrogen-bond donors (Lipinski definition) is 0. The third-order valence-electron chi connectivity index (χ3n) is 4.24. The summed E-state index contributed by atoms with van der Waals surface area (Å²) in [6.07, 6.45) is 0.742. The summed E-state index contributed by atoms with van der Waals surface area (Å²) in [5.41, 5.74) is 0.201. The molecule has 0 N–H and O–H groups in total. The lowest BCUT2D eigenvalue weighted by atomic mass is 10.2. The lowest BCUT2D eigenvalue weighted by Crippen LogP contribution is -2.26. The fourth-order valence-electron chi connectivity index (χ4n) is 2.70. The molecule has 0 spiro atoms. The Hall–Kier alpha value is -2.98. The van der Waals surface area contributed by atoms with E-state index in [4.69, 9.17) is 8.92 Å². The predicted molar refractivity (Wildman–Crippen MR) is 117 cm³/mol. The molecule has 0 atom stereocenters. The number of aromatic nitrogens is 2. The molecule has 1 aromatic heterocycles. The van der Waals surface area contributed by atoms with Crippen molar-refractivity contribution in [3.05, 3.63) is 80.7 Å². The van der Waals surface area contributed by atoms with Gasteiger partial charge in [0.15, 0.2) is 5.75 Å². The van der Waals surface area contributed by atoms with Gasteiger partial charge >= 0.3 is 16.1 Å². The van der Waals surface area contributed by atoms with Crippen molar-refractivity contribution < 1.29 is 22.1 Å². The Balaban J connectivity index is 2.09. The van der Waals surface area contributed by atoms with E-state index in [0.29, 0.717) is 10.2 Å². The van der Waals surface area contributed by atoms with Crippen molar-refractivity contribution in [3.63, 3.8) is 0 Å². The molecule has 1 heterocycles. The summed E-state index contributed by atoms with van der Waals surface area (Å²) in [6, 6.07) is 13.7. The van der Waals surface area contributed by atoms with E-state index in [1.54, 1.807) is 43.3 Å². The van der Waals surface area contributed by atoms with Crippen molar-refractivity contribution in [2.75, 3.05) is 6.61 Å². The Bertz CT molecular complexity index is 1270. The van der Waals surface area contributed by atoms with Gasteiger partial charge in [0.2, 0.25) is 5.69 Å². The molecule has 0 amide bonds. The van der Waals surface area contributed by atoms with Crippen LogP contribution in [-0.2, 0) is 21.3 Å². The van der Waals surface area contributed by atoms with Gasteiger partial charge in [-0.2, -0.15) is 18.2 Å². The van der Waals surface area contributed by atoms with Gasteiger partial charge in [0.25, 0.3) is 5.56 Å². The molecular formula is C21H19BrN2O6S. The molecule has 0 aliphatic heterocycles. The van der Waals surface area contributed by atoms with E-state index in [-0.39, 0.29) is 11.5 Å². The second-order valence-electron chi connectivity index (χ2n) is 6.34. The van der Waals surface area contributed by atoms with E-state index in [1.165, 1.54) is 12.1 Å². The first-order valence-electron chi connectivity index (χ1n) is 9.36. The molecule has 0 unspecified atom stereocenters. The number of esters is 1. The summed E-state index contributed by atoms with van der Waals surface area (Å²) in [5.74, 6) is -1.42. The highest BCUT2D eigenvalue weighted by molar-refractivity contribution is 9.10. The first-order chi connectivity index (χ1) is 14.7. The van der Waals surface area contributed by atoms with E-state index in [1.807, 2.05) is 6.92 Å². The van der Waals surface area contributed by atoms with Crippen LogP contribution >= 0.6 is 15.9 Å². The van der Waals surface area contributed by atoms with Crippen molar-refractivity contribution in [3.8, 4) is 11.4 Å². The van der Waals surface area contributed by atoms with E-state index in [9.17, 15) is 18.0 Å². The summed E-state index contributed by atoms with van der Waals surface area (Å²) in [6.45, 7) is 3.56. The first kappa shape index (κ1) is 22.7. The van der Waals surface area contributed by atoms with Gasteiger partial charge in [-0.25, -0.2) is 4.79 Å². The molecule has 0 radical (unpaired) electrons. The molecule has 0 aliphatic rings. The third kappa shape index (κ3) is 5.20. The van der Waals surface area contributed by atoms with Crippen LogP contribution in [-0.4, -0.2) is 30.8 Å². The Labute approximate surface area is 187 Å². The Morgan fingerprint density at radius 3 is 2.42 bits per heavy atom. The number of aryl methyl sites for hydroxylation is 1. The maximum atomic E-state index is 12.7. The van der Waals surface area contributed by atoms with Gasteiger partial charge in [-0.3, -0.25) is 4.79 Å². The normalized spacial score (nSPS) is 11.2. The summed E-state index contributed by atoms with van der Waals surface area (Å²) in [5, 5.41) is 4.03. The fourth-order valence-corrected chi connectivity index (χ4v) is 4.01. The monoisotopic (exact) mass is 506 g/mol. The van der Waals surface area contributed by atoms with Gasteiger partial charge in [-0.1, -0.05) is 41.1 Å². The molecule has 0 saturated carbocycles. The Morgan fingerprint density at radius 1 is 1.10 bits per heavy atom. The molecule has 8 nitrogen and oxygen atoms in total. The highest BCUT2D eigenvalue weighted by Gasteiger charge is 2.25. The zero-order chi connectivity index (χ0) is 22.6. The number of ether oxygens (including phenoxy) is 1. The molecule has 162 valence electrons. The molecule has 0 bridgehead atoms. The second-order valence-corrected chi connectivity index (χ2v) is 8.80. The lowest BCUT2D eigenvalue weighted by Gasteiger charge is -2.13. The van der Waals surface area contributed by atoms with Gasteiger partial charge in [0.05, 0.1) is 18.4 Å². The number of benzene rings is 2. The minimum atomic E-state index is -4.31. The Morgan fingerprint density at radius 2 is 1.81 bits per heavy atom. The van der Waals surface area contributed by atoms with Crippen LogP contribution in [0.5, 0.6) is 5.75 Å². The summed E-state index contributed by atoms with van der Waals surface area (Å²) >= 11 is 3.31. The van der Waals surface area contributed by atoms with Crippen LogP contribution in [0.1, 0.15) is 29.9 Å². The van der Waals surface area contributed by atoms with Crippen LogP contribution in [0.15, 0.2) is 68.8 Å². The smallest absolute Gasteiger partial charge is 0.362 e. The molecule has 0 saturated heterocycles. The van der Waals surface area contributed by atoms with Crippen molar-refractivity contribution in [2.24, 2.45) is 0 Å². The molecule has 3 rings (SSSR count). The number of halogens is 1. The predicted octanol–water partition coefficient (Wildman–Crippen LogP) is 3.50. The van der Waals surface area contributed by atoms with Crippen LogP contribution in [0.3, 0.4) is 0 Å². The lowest BCUT2D eigenvalue weighted by molar-refractivity contribution is 0.0515. The van der Waals surface area contributed by atoms with Crippen LogP contribution in [0, 0.1) is 0 Å². The van der Waals surface area contributed by atoms with Crippen LogP contribution in [0.2, 0.25) is 0 Å². The number of carbonyl (C=O) groups excluding carboxylic acids is 1. The average Bonchev–Trinajstić information content (AvgIpc) is 2.73. The fraction of sp³-hybridized carbons (Fsp3) is 0.190. The second kappa shape index (κ2) is 9.44. The maximum absolute atomic E-state index is 12.7. The van der Waals surface area contributed by atoms with Crippen LogP contribution < -0.4 is 9.74 Å². The van der Waals surface area contributed by atoms with Crippen molar-refractivity contribution in [1.82, 2.24) is 9.78 Å². The van der Waals surface area contributed by atoms with Gasteiger partial charge in [0, 0.05) is 4.47 Å². The van der Waals surface area contributed by atoms with E-state index in [0.717, 1.165) is 22.7 Å². The quantitative estimate of drug-likeness (QED) is 0.356. The van der Waals surface area contributed by atoms with E-state index >= 15 is 0 Å². The van der Waals surface area contributed by atoms with E-state index < -0.39 is 33.1 Å². The summed E-state index contributed by atoms with van der Waals surface area (Å²) < 4.78 is 37.2. The maximum Gasteiger partial charge on any atom is 0.362 e. The molecular weight excluding hydrogens is 488 g/mol. The van der Waals surface area contributed by atoms with Crippen molar-refractivity contribution in [2.45, 2.75) is 25.2 Å². The highest BCUT2D eigenvalue weighted by Crippen LogP contribution is 2.23. The Kier molecular flexibility index (Phi) is 6.91. The number of hydrogen-bond acceptors (Lipinski definition) is 7. The molecule has 2 aromatic carbocycles. The SMILES string of the molecule is CCOC(=O)c1nn(-c2cccc(Br)c2)c(=O)cc1OS(=O)(=O)c1ccc(CC)cc1. The molecule has 10 heteroatoms. The van der Waals surface area contributed by atoms with Crippen molar-refractivity contribution in [1.29, 1.82) is 0 Å². The zero-order valence-electron chi connectivity index (χ0n) is 16.7. The topological polar surface area (TPSA) is 105 Å². The number of rotatable bonds is 7. The number of nitrogens with zero attached hydrogens (tertiary/aromatic N) is 2. The molecule has 31 heavy (non-hydrogen) atoms. The average molecular weight is 507 g/mol. The largest absolute Gasteiger partial charge is 0.461 e. The standard InChI is InChI=1S/C21H19BrN2O6S/c1-3-14-8-10-17(11-9-14)31(27,28)30-18-13-19(25)24(16-7-5-6-15(22)12-16)23-20(18)21(26)29-4-2/h5-13H,3-4H2,1-2H3. The van der Waals surface area contributed by atoms with Gasteiger partial charge in [-0.15, -0.1) is 0 Å². The third-order valence-corrected chi connectivity index (χ3v) is 5.98. The van der Waals surface area contributed by atoms with Gasteiger partial charge in [-0.05, 0) is 49.2 Å². The van der Waals surface area contributed by atoms with Crippen LogP contribution in [0.4, 0.5) is 0 Å². The first-order valence-corrected chi connectivity index (χ1v) is 11.6. The van der Waals surface area contributed by atoms with Crippen molar-refractivity contribution >= 4 is 32.0 Å². The highest BCUT2D eigenvalue weighted by atomic mass is 79.9. The summed E-state index contributed by atoms with van der Waals surface area (Å²) in [7, 11) is -4.31. The molecule has 0 aliphatic carbocycles. The summed E-state index contributed by atoms with van der Waals surface area (Å²) in [4.78, 5) is 25.0. The van der Waals surface area contributed by atoms with E-state index in [2.05, 4.69) is 21.0 Å². The minimum absolute atomic E-state index is 0.0290. The molecule has 3 aromatic rings. The number of carbonyl (C=O) groups is 1. The van der Waals surface area contributed by atoms with Gasteiger partial charge < -0.3 is 8.92 Å². The molecule has 0 fully saturated rings.